The van der Waals surface area contributed by atoms with Crippen molar-refractivity contribution in [1.82, 2.24) is 9.80 Å². The van der Waals surface area contributed by atoms with Crippen molar-refractivity contribution < 1.29 is 28.7 Å². The van der Waals surface area contributed by atoms with E-state index in [-0.39, 0.29) is 23.1 Å². The lowest BCUT2D eigenvalue weighted by Gasteiger charge is -2.18. The van der Waals surface area contributed by atoms with Crippen molar-refractivity contribution in [1.29, 1.82) is 0 Å². The third kappa shape index (κ3) is 5.69. The predicted molar refractivity (Wildman–Crippen MR) is 140 cm³/mol. The van der Waals surface area contributed by atoms with Crippen molar-refractivity contribution in [2.75, 3.05) is 26.7 Å². The summed E-state index contributed by atoms with van der Waals surface area (Å²) in [6.45, 7) is 2.99. The lowest BCUT2D eigenvalue weighted by molar-refractivity contribution is -0.135. The monoisotopic (exact) mass is 606 g/mol. The van der Waals surface area contributed by atoms with Crippen molar-refractivity contribution in [3.63, 3.8) is 0 Å². The van der Waals surface area contributed by atoms with E-state index in [0.29, 0.717) is 33.5 Å². The Morgan fingerprint density at radius 2 is 1.80 bits per heavy atom. The summed E-state index contributed by atoms with van der Waals surface area (Å²) >= 11 is 2.82. The van der Waals surface area contributed by atoms with E-state index in [1.165, 1.54) is 7.11 Å². The van der Waals surface area contributed by atoms with Crippen LogP contribution in [0.1, 0.15) is 34.3 Å². The highest BCUT2D eigenvalue weighted by molar-refractivity contribution is 14.1. The van der Waals surface area contributed by atoms with Crippen molar-refractivity contribution in [3.8, 4) is 11.5 Å². The first-order chi connectivity index (χ1) is 16.8. The van der Waals surface area contributed by atoms with Gasteiger partial charge in [-0.25, -0.2) is 4.79 Å². The van der Waals surface area contributed by atoms with Crippen LogP contribution in [-0.2, 0) is 9.59 Å². The van der Waals surface area contributed by atoms with E-state index in [0.717, 1.165) is 35.1 Å². The molecule has 10 heteroatoms. The maximum absolute atomic E-state index is 12.8. The Bertz CT molecular complexity index is 1220. The molecule has 0 unspecified atom stereocenters. The Hall–Kier alpha value is -2.86. The largest absolute Gasteiger partial charge is 0.493 e. The average Bonchev–Trinajstić information content (AvgIpc) is 3.46. The minimum atomic E-state index is -0.516. The molecule has 0 saturated carbocycles. The molecule has 0 radical (unpaired) electrons. The molecule has 2 fully saturated rings. The van der Waals surface area contributed by atoms with Gasteiger partial charge in [0.15, 0.2) is 11.5 Å². The van der Waals surface area contributed by atoms with Crippen LogP contribution in [0.3, 0.4) is 0 Å². The Morgan fingerprint density at radius 1 is 1.11 bits per heavy atom. The third-order valence-electron chi connectivity index (χ3n) is 5.66. The summed E-state index contributed by atoms with van der Waals surface area (Å²) in [6.07, 6.45) is 3.44. The number of likely N-dealkylation sites (tertiary alicyclic amines) is 1. The molecule has 2 aliphatic heterocycles. The molecular formula is C25H23IN2O6S. The van der Waals surface area contributed by atoms with Gasteiger partial charge in [0.05, 0.1) is 21.1 Å². The Labute approximate surface area is 220 Å². The van der Waals surface area contributed by atoms with Crippen LogP contribution in [0, 0.1) is 10.5 Å². The first kappa shape index (κ1) is 25.2. The van der Waals surface area contributed by atoms with Crippen molar-refractivity contribution in [3.05, 3.63) is 61.6 Å². The number of hydrogen-bond donors (Lipinski definition) is 0. The summed E-state index contributed by atoms with van der Waals surface area (Å²) in [5.41, 5.74) is 2.04. The molecule has 0 atom stereocenters. The van der Waals surface area contributed by atoms with Crippen LogP contribution in [0.5, 0.6) is 11.5 Å². The molecule has 2 aromatic rings. The predicted octanol–water partition coefficient (Wildman–Crippen LogP) is 4.49. The highest BCUT2D eigenvalue weighted by atomic mass is 127. The Morgan fingerprint density at radius 3 is 2.46 bits per heavy atom. The number of halogens is 1. The fourth-order valence-corrected chi connectivity index (χ4v) is 5.33. The Kier molecular flexibility index (Phi) is 7.80. The van der Waals surface area contributed by atoms with Crippen LogP contribution in [0.15, 0.2) is 41.3 Å². The lowest BCUT2D eigenvalue weighted by atomic mass is 10.1. The summed E-state index contributed by atoms with van der Waals surface area (Å²) in [4.78, 5) is 53.2. The second-order valence-corrected chi connectivity index (χ2v) is 10.3. The molecule has 0 aliphatic carbocycles. The van der Waals surface area contributed by atoms with E-state index in [1.807, 2.05) is 41.6 Å². The minimum Gasteiger partial charge on any atom is -0.493 e. The van der Waals surface area contributed by atoms with Crippen LogP contribution in [0.25, 0.3) is 6.08 Å². The van der Waals surface area contributed by atoms with E-state index in [9.17, 15) is 19.2 Å². The van der Waals surface area contributed by atoms with Gasteiger partial charge in [-0.15, -0.1) is 0 Å². The summed E-state index contributed by atoms with van der Waals surface area (Å²) in [5, 5.41) is -0.473. The fourth-order valence-electron chi connectivity index (χ4n) is 3.75. The quantitative estimate of drug-likeness (QED) is 0.207. The molecule has 8 nitrogen and oxygen atoms in total. The smallest absolute Gasteiger partial charge is 0.343 e. The van der Waals surface area contributed by atoms with Crippen LogP contribution < -0.4 is 9.47 Å². The second kappa shape index (κ2) is 10.8. The van der Waals surface area contributed by atoms with Gasteiger partial charge < -0.3 is 14.4 Å². The highest BCUT2D eigenvalue weighted by Crippen LogP contribution is 2.37. The van der Waals surface area contributed by atoms with Gasteiger partial charge in [-0.05, 0) is 90.0 Å². The van der Waals surface area contributed by atoms with E-state index < -0.39 is 17.1 Å². The maximum atomic E-state index is 12.8. The number of imide groups is 1. The first-order valence-electron chi connectivity index (χ1n) is 11.0. The number of ether oxygens (including phenoxy) is 2. The zero-order valence-electron chi connectivity index (χ0n) is 19.2. The number of esters is 1. The van der Waals surface area contributed by atoms with E-state index in [1.54, 1.807) is 35.2 Å². The third-order valence-corrected chi connectivity index (χ3v) is 7.37. The van der Waals surface area contributed by atoms with E-state index >= 15 is 0 Å². The van der Waals surface area contributed by atoms with Crippen LogP contribution in [0.2, 0.25) is 0 Å². The molecule has 0 spiro atoms. The number of carbonyl (C=O) groups excluding carboxylic acids is 4. The van der Waals surface area contributed by atoms with Crippen molar-refractivity contribution >= 4 is 63.5 Å². The summed E-state index contributed by atoms with van der Waals surface area (Å²) in [7, 11) is 1.45. The molecule has 0 aromatic heterocycles. The molecule has 4 rings (SSSR count). The number of amides is 3. The minimum absolute atomic E-state index is 0.214. The molecule has 2 saturated heterocycles. The molecule has 0 bridgehead atoms. The van der Waals surface area contributed by atoms with Crippen LogP contribution in [0.4, 0.5) is 4.79 Å². The fraction of sp³-hybridized carbons (Fsp3) is 0.280. The molecule has 182 valence electrons. The van der Waals surface area contributed by atoms with Gasteiger partial charge in [0.1, 0.15) is 6.54 Å². The van der Waals surface area contributed by atoms with E-state index in [2.05, 4.69) is 0 Å². The molecule has 35 heavy (non-hydrogen) atoms. The second-order valence-electron chi connectivity index (χ2n) is 8.15. The molecule has 0 N–H and O–H groups in total. The molecule has 2 aromatic carbocycles. The SMILES string of the molecule is COc1cc(/C=C2\SC(=O)N(CC(=O)N3CCCC3)C2=O)cc(I)c1OC(=O)c1ccc(C)cc1. The number of carbonyl (C=O) groups is 4. The summed E-state index contributed by atoms with van der Waals surface area (Å²) in [5.74, 6) is -0.664. The van der Waals surface area contributed by atoms with Crippen molar-refractivity contribution in [2.24, 2.45) is 0 Å². The maximum Gasteiger partial charge on any atom is 0.343 e. The number of rotatable bonds is 6. The van der Waals surface area contributed by atoms with Crippen molar-refractivity contribution in [2.45, 2.75) is 19.8 Å². The van der Waals surface area contributed by atoms with Crippen LogP contribution >= 0.6 is 34.4 Å². The number of hydrogen-bond acceptors (Lipinski definition) is 7. The number of benzene rings is 2. The van der Waals surface area contributed by atoms with E-state index in [4.69, 9.17) is 9.47 Å². The molecule has 2 heterocycles. The normalized spacial score (nSPS) is 16.8. The Balaban J connectivity index is 1.52. The van der Waals surface area contributed by atoms with Crippen LogP contribution in [-0.4, -0.2) is 59.6 Å². The number of thioether (sulfide) groups is 1. The number of nitrogens with zero attached hydrogens (tertiary/aromatic N) is 2. The number of aryl methyl sites for hydroxylation is 1. The van der Waals surface area contributed by atoms with Gasteiger partial charge in [-0.3, -0.25) is 19.3 Å². The summed E-state index contributed by atoms with van der Waals surface area (Å²) < 4.78 is 11.6. The topological polar surface area (TPSA) is 93.2 Å². The zero-order chi connectivity index (χ0) is 25.1. The van der Waals surface area contributed by atoms with Gasteiger partial charge in [0, 0.05) is 13.1 Å². The first-order valence-corrected chi connectivity index (χ1v) is 12.9. The van der Waals surface area contributed by atoms with Gasteiger partial charge in [-0.1, -0.05) is 17.7 Å². The number of methoxy groups -OCH3 is 1. The average molecular weight is 606 g/mol. The van der Waals surface area contributed by atoms with Gasteiger partial charge >= 0.3 is 5.97 Å². The van der Waals surface area contributed by atoms with Gasteiger partial charge in [0.2, 0.25) is 5.91 Å². The van der Waals surface area contributed by atoms with Gasteiger partial charge in [0.25, 0.3) is 11.1 Å². The summed E-state index contributed by atoms with van der Waals surface area (Å²) in [6, 6.07) is 10.4. The zero-order valence-corrected chi connectivity index (χ0v) is 22.2. The standard InChI is InChI=1S/C25H23IN2O6S/c1-15-5-7-17(8-6-15)24(31)34-22-18(26)11-16(12-19(22)33-2)13-20-23(30)28(25(32)35-20)14-21(29)27-9-3-4-10-27/h5-8,11-13H,3-4,9-10,14H2,1-2H3/b20-13-. The molecular weight excluding hydrogens is 583 g/mol. The van der Waals surface area contributed by atoms with Gasteiger partial charge in [-0.2, -0.15) is 0 Å². The lowest BCUT2D eigenvalue weighted by Crippen LogP contribution is -2.40. The molecule has 2 aliphatic rings. The highest BCUT2D eigenvalue weighted by Gasteiger charge is 2.37. The molecule has 3 amide bonds.